The fourth-order valence-corrected chi connectivity index (χ4v) is 3.03. The minimum atomic E-state index is -0.608. The van der Waals surface area contributed by atoms with E-state index < -0.39 is 11.9 Å². The van der Waals surface area contributed by atoms with E-state index in [9.17, 15) is 14.4 Å². The predicted octanol–water partition coefficient (Wildman–Crippen LogP) is 2.39. The number of benzene rings is 1. The molecular formula is C18H20N2O5S. The molecular weight excluding hydrogens is 356 g/mol. The highest BCUT2D eigenvalue weighted by atomic mass is 32.1. The summed E-state index contributed by atoms with van der Waals surface area (Å²) in [6, 6.07) is 6.25. The van der Waals surface area contributed by atoms with Gasteiger partial charge in [-0.15, -0.1) is 0 Å². The van der Waals surface area contributed by atoms with Crippen molar-refractivity contribution in [2.75, 3.05) is 33.1 Å². The molecule has 0 saturated carbocycles. The molecule has 0 bridgehead atoms. The molecule has 2 rings (SSSR count). The third-order valence-corrected chi connectivity index (χ3v) is 4.30. The number of likely N-dealkylation sites (N-methyl/N-ethyl adjacent to an activating group) is 1. The van der Waals surface area contributed by atoms with Crippen LogP contribution < -0.4 is 5.32 Å². The van der Waals surface area contributed by atoms with Crippen LogP contribution in [0.4, 0.5) is 5.69 Å². The van der Waals surface area contributed by atoms with Crippen molar-refractivity contribution >= 4 is 34.9 Å². The number of nitrogens with zero attached hydrogens (tertiary/aromatic N) is 1. The molecule has 0 unspecified atom stereocenters. The Kier molecular flexibility index (Phi) is 6.88. The second-order valence-corrected chi connectivity index (χ2v) is 6.38. The highest BCUT2D eigenvalue weighted by Gasteiger charge is 2.18. The topological polar surface area (TPSA) is 84.9 Å². The molecule has 1 heterocycles. The number of methoxy groups -OCH3 is 2. The summed E-state index contributed by atoms with van der Waals surface area (Å²) >= 11 is 1.59. The van der Waals surface area contributed by atoms with E-state index in [1.807, 2.05) is 28.8 Å². The number of anilines is 1. The molecule has 1 amide bonds. The third-order valence-electron chi connectivity index (χ3n) is 3.57. The van der Waals surface area contributed by atoms with Gasteiger partial charge in [0, 0.05) is 6.54 Å². The molecule has 138 valence electrons. The van der Waals surface area contributed by atoms with E-state index in [0.717, 1.165) is 5.56 Å². The Balaban J connectivity index is 2.13. The maximum atomic E-state index is 12.3. The van der Waals surface area contributed by atoms with Crippen molar-refractivity contribution in [3.05, 3.63) is 51.7 Å². The van der Waals surface area contributed by atoms with Gasteiger partial charge in [0.1, 0.15) is 0 Å². The molecule has 8 heteroatoms. The highest BCUT2D eigenvalue weighted by Crippen LogP contribution is 2.20. The number of nitrogens with one attached hydrogen (secondary N) is 1. The smallest absolute Gasteiger partial charge is 0.339 e. The lowest BCUT2D eigenvalue weighted by atomic mass is 10.1. The molecule has 0 atom stereocenters. The zero-order chi connectivity index (χ0) is 19.1. The van der Waals surface area contributed by atoms with E-state index in [0.29, 0.717) is 6.54 Å². The van der Waals surface area contributed by atoms with Crippen molar-refractivity contribution < 1.29 is 23.9 Å². The quantitative estimate of drug-likeness (QED) is 0.747. The fourth-order valence-electron chi connectivity index (χ4n) is 2.37. The Morgan fingerprint density at radius 1 is 1.12 bits per heavy atom. The number of esters is 2. The van der Waals surface area contributed by atoms with Gasteiger partial charge in [-0.3, -0.25) is 9.69 Å². The van der Waals surface area contributed by atoms with Gasteiger partial charge in [0.15, 0.2) is 0 Å². The maximum Gasteiger partial charge on any atom is 0.339 e. The van der Waals surface area contributed by atoms with Gasteiger partial charge < -0.3 is 14.8 Å². The van der Waals surface area contributed by atoms with Gasteiger partial charge in [0.25, 0.3) is 0 Å². The average molecular weight is 376 g/mol. The summed E-state index contributed by atoms with van der Waals surface area (Å²) in [6.45, 7) is 0.752. The van der Waals surface area contributed by atoms with Gasteiger partial charge >= 0.3 is 11.9 Å². The summed E-state index contributed by atoms with van der Waals surface area (Å²) in [6.07, 6.45) is 0. The first-order chi connectivity index (χ1) is 12.4. The van der Waals surface area contributed by atoms with Crippen LogP contribution in [0.1, 0.15) is 26.3 Å². The highest BCUT2D eigenvalue weighted by molar-refractivity contribution is 7.07. The van der Waals surface area contributed by atoms with Crippen molar-refractivity contribution in [1.29, 1.82) is 0 Å². The summed E-state index contributed by atoms with van der Waals surface area (Å²) in [5.41, 5.74) is 1.71. The molecule has 0 aliphatic carbocycles. The van der Waals surface area contributed by atoms with Gasteiger partial charge in [0.2, 0.25) is 5.91 Å². The summed E-state index contributed by atoms with van der Waals surface area (Å²) in [4.78, 5) is 37.8. The largest absolute Gasteiger partial charge is 0.465 e. The van der Waals surface area contributed by atoms with Gasteiger partial charge in [-0.1, -0.05) is 0 Å². The Morgan fingerprint density at radius 3 is 2.46 bits per heavy atom. The van der Waals surface area contributed by atoms with Gasteiger partial charge in [-0.2, -0.15) is 11.3 Å². The van der Waals surface area contributed by atoms with Gasteiger partial charge in [-0.05, 0) is 47.6 Å². The Hall–Kier alpha value is -2.71. The van der Waals surface area contributed by atoms with Gasteiger partial charge in [0.05, 0.1) is 37.6 Å². The van der Waals surface area contributed by atoms with Crippen LogP contribution in [-0.2, 0) is 20.8 Å². The molecule has 26 heavy (non-hydrogen) atoms. The number of thiophene rings is 1. The molecule has 1 N–H and O–H groups in total. The lowest BCUT2D eigenvalue weighted by molar-refractivity contribution is -0.117. The average Bonchev–Trinajstić information content (AvgIpc) is 3.12. The molecule has 0 spiro atoms. The number of amides is 1. The predicted molar refractivity (Wildman–Crippen MR) is 98.4 cm³/mol. The first-order valence-electron chi connectivity index (χ1n) is 7.74. The number of hydrogen-bond acceptors (Lipinski definition) is 7. The lowest BCUT2D eigenvalue weighted by Crippen LogP contribution is -2.30. The SMILES string of the molecule is COC(=O)c1ccc(C(=O)OC)c(NC(=O)CN(C)Cc2ccsc2)c1. The van der Waals surface area contributed by atoms with Gasteiger partial charge in [-0.25, -0.2) is 9.59 Å². The fraction of sp³-hybridized carbons (Fsp3) is 0.278. The van der Waals surface area contributed by atoms with Crippen LogP contribution in [0.2, 0.25) is 0 Å². The Bertz CT molecular complexity index is 789. The minimum absolute atomic E-state index is 0.124. The van der Waals surface area contributed by atoms with Crippen LogP contribution in [0.3, 0.4) is 0 Å². The van der Waals surface area contributed by atoms with Crippen LogP contribution in [0, 0.1) is 0 Å². The van der Waals surface area contributed by atoms with E-state index in [4.69, 9.17) is 4.74 Å². The van der Waals surface area contributed by atoms with E-state index >= 15 is 0 Å². The molecule has 0 fully saturated rings. The number of rotatable bonds is 7. The number of ether oxygens (including phenoxy) is 2. The first kappa shape index (κ1) is 19.6. The summed E-state index contributed by atoms with van der Waals surface area (Å²) in [5, 5.41) is 6.66. The molecule has 2 aromatic rings. The van der Waals surface area contributed by atoms with Crippen LogP contribution in [0.25, 0.3) is 0 Å². The molecule has 7 nitrogen and oxygen atoms in total. The molecule has 1 aromatic heterocycles. The lowest BCUT2D eigenvalue weighted by Gasteiger charge is -2.17. The summed E-state index contributed by atoms with van der Waals surface area (Å²) in [7, 11) is 4.33. The zero-order valence-electron chi connectivity index (χ0n) is 14.8. The molecule has 0 radical (unpaired) electrons. The maximum absolute atomic E-state index is 12.3. The molecule has 0 aliphatic heterocycles. The van der Waals surface area contributed by atoms with Crippen LogP contribution >= 0.6 is 11.3 Å². The van der Waals surface area contributed by atoms with E-state index in [2.05, 4.69) is 10.1 Å². The number of carbonyl (C=O) groups excluding carboxylic acids is 3. The van der Waals surface area contributed by atoms with Crippen LogP contribution in [-0.4, -0.2) is 50.6 Å². The first-order valence-corrected chi connectivity index (χ1v) is 8.69. The monoisotopic (exact) mass is 376 g/mol. The summed E-state index contributed by atoms with van der Waals surface area (Å²) < 4.78 is 9.39. The standard InChI is InChI=1S/C18H20N2O5S/c1-20(9-12-6-7-26-11-12)10-16(21)19-15-8-13(17(22)24-2)4-5-14(15)18(23)25-3/h4-8,11H,9-10H2,1-3H3,(H,19,21). The van der Waals surface area contributed by atoms with Crippen molar-refractivity contribution in [2.45, 2.75) is 6.54 Å². The van der Waals surface area contributed by atoms with E-state index in [-0.39, 0.29) is 29.3 Å². The third kappa shape index (κ3) is 5.14. The van der Waals surface area contributed by atoms with Crippen molar-refractivity contribution in [2.24, 2.45) is 0 Å². The van der Waals surface area contributed by atoms with Crippen molar-refractivity contribution in [3.8, 4) is 0 Å². The molecule has 1 aromatic carbocycles. The van der Waals surface area contributed by atoms with Crippen LogP contribution in [0.15, 0.2) is 35.0 Å². The van der Waals surface area contributed by atoms with E-state index in [1.54, 1.807) is 11.3 Å². The molecule has 0 aliphatic rings. The second kappa shape index (κ2) is 9.12. The number of carbonyl (C=O) groups is 3. The second-order valence-electron chi connectivity index (χ2n) is 5.60. The summed E-state index contributed by atoms with van der Waals surface area (Å²) in [5.74, 6) is -1.48. The van der Waals surface area contributed by atoms with Crippen LogP contribution in [0.5, 0.6) is 0 Å². The zero-order valence-corrected chi connectivity index (χ0v) is 15.6. The van der Waals surface area contributed by atoms with Crippen molar-refractivity contribution in [3.63, 3.8) is 0 Å². The minimum Gasteiger partial charge on any atom is -0.465 e. The Morgan fingerprint density at radius 2 is 1.85 bits per heavy atom. The molecule has 0 saturated heterocycles. The van der Waals surface area contributed by atoms with Crippen molar-refractivity contribution in [1.82, 2.24) is 4.90 Å². The van der Waals surface area contributed by atoms with E-state index in [1.165, 1.54) is 32.4 Å². The normalized spacial score (nSPS) is 10.5. The Labute approximate surface area is 155 Å². The number of hydrogen-bond donors (Lipinski definition) is 1.